The van der Waals surface area contributed by atoms with Gasteiger partial charge in [0.15, 0.2) is 0 Å². The molecule has 1 amide bonds. The highest BCUT2D eigenvalue weighted by molar-refractivity contribution is 9.10. The summed E-state index contributed by atoms with van der Waals surface area (Å²) in [5.41, 5.74) is 12.8. The minimum atomic E-state index is -0.510. The van der Waals surface area contributed by atoms with Gasteiger partial charge in [-0.05, 0) is 24.3 Å². The molecule has 0 bridgehead atoms. The summed E-state index contributed by atoms with van der Waals surface area (Å²) in [6.07, 6.45) is 0. The zero-order valence-corrected chi connectivity index (χ0v) is 11.7. The van der Waals surface area contributed by atoms with E-state index in [0.29, 0.717) is 23.6 Å². The summed E-state index contributed by atoms with van der Waals surface area (Å²) in [5.74, 6) is 0.0183. The van der Waals surface area contributed by atoms with E-state index in [9.17, 15) is 4.79 Å². The molecule has 0 aromatic heterocycles. The van der Waals surface area contributed by atoms with Crippen molar-refractivity contribution >= 4 is 27.5 Å². The Morgan fingerprint density at radius 3 is 2.58 bits per heavy atom. The number of carbonyl (C=O) groups excluding carboxylic acids is 1. The molecule has 0 atom stereocenters. The lowest BCUT2D eigenvalue weighted by Gasteiger charge is -2.10. The molecule has 19 heavy (non-hydrogen) atoms. The van der Waals surface area contributed by atoms with Crippen molar-refractivity contribution in [1.29, 1.82) is 0 Å². The average molecular weight is 321 g/mol. The Hall–Kier alpha value is -2.01. The smallest absolute Gasteiger partial charge is 0.248 e. The molecular weight excluding hydrogens is 308 g/mol. The normalized spacial score (nSPS) is 10.2. The number of ether oxygens (including phenoxy) is 1. The fourth-order valence-electron chi connectivity index (χ4n) is 1.60. The summed E-state index contributed by atoms with van der Waals surface area (Å²) < 4.78 is 6.61. The second kappa shape index (κ2) is 5.75. The molecule has 0 aliphatic heterocycles. The summed E-state index contributed by atoms with van der Waals surface area (Å²) in [6, 6.07) is 12.5. The molecule has 98 valence electrons. The van der Waals surface area contributed by atoms with Gasteiger partial charge >= 0.3 is 0 Å². The van der Waals surface area contributed by atoms with Gasteiger partial charge in [0.25, 0.3) is 0 Å². The number of hydrogen-bond acceptors (Lipinski definition) is 3. The first-order chi connectivity index (χ1) is 9.08. The van der Waals surface area contributed by atoms with E-state index >= 15 is 0 Å². The molecule has 0 spiro atoms. The Morgan fingerprint density at radius 2 is 1.95 bits per heavy atom. The molecule has 0 aliphatic carbocycles. The van der Waals surface area contributed by atoms with Crippen molar-refractivity contribution in [3.05, 3.63) is 58.1 Å². The molecule has 0 heterocycles. The average Bonchev–Trinajstić information content (AvgIpc) is 2.39. The van der Waals surface area contributed by atoms with Crippen molar-refractivity contribution in [3.8, 4) is 5.75 Å². The number of benzene rings is 2. The van der Waals surface area contributed by atoms with Gasteiger partial charge in [-0.1, -0.05) is 34.1 Å². The number of rotatable bonds is 4. The number of amides is 1. The van der Waals surface area contributed by atoms with E-state index in [2.05, 4.69) is 15.9 Å². The van der Waals surface area contributed by atoms with E-state index in [0.717, 1.165) is 10.0 Å². The van der Waals surface area contributed by atoms with Crippen LogP contribution in [-0.4, -0.2) is 5.91 Å². The van der Waals surface area contributed by atoms with Gasteiger partial charge in [-0.2, -0.15) is 0 Å². The summed E-state index contributed by atoms with van der Waals surface area (Å²) in [7, 11) is 0. The summed E-state index contributed by atoms with van der Waals surface area (Å²) in [6.45, 7) is 0.390. The fourth-order valence-corrected chi connectivity index (χ4v) is 2.00. The van der Waals surface area contributed by atoms with Crippen LogP contribution in [0.4, 0.5) is 5.69 Å². The second-order valence-electron chi connectivity index (χ2n) is 4.00. The molecule has 0 saturated heterocycles. The van der Waals surface area contributed by atoms with Crippen molar-refractivity contribution < 1.29 is 9.53 Å². The lowest BCUT2D eigenvalue weighted by molar-refractivity contribution is 0.100. The Bertz CT molecular complexity index is 614. The van der Waals surface area contributed by atoms with Crippen molar-refractivity contribution in [1.82, 2.24) is 0 Å². The zero-order valence-electron chi connectivity index (χ0n) is 10.1. The first kappa shape index (κ1) is 13.4. The monoisotopic (exact) mass is 320 g/mol. The number of primary amides is 1. The van der Waals surface area contributed by atoms with E-state index in [-0.39, 0.29) is 0 Å². The third kappa shape index (κ3) is 3.26. The van der Waals surface area contributed by atoms with Gasteiger partial charge in [-0.15, -0.1) is 0 Å². The Balaban J connectivity index is 2.12. The molecule has 0 unspecified atom stereocenters. The first-order valence-corrected chi connectivity index (χ1v) is 6.43. The van der Waals surface area contributed by atoms with Crippen molar-refractivity contribution in [2.75, 3.05) is 5.73 Å². The first-order valence-electron chi connectivity index (χ1n) is 5.63. The molecular formula is C14H13BrN2O2. The summed E-state index contributed by atoms with van der Waals surface area (Å²) >= 11 is 3.45. The van der Waals surface area contributed by atoms with Gasteiger partial charge in [-0.3, -0.25) is 4.79 Å². The van der Waals surface area contributed by atoms with Crippen LogP contribution in [0.3, 0.4) is 0 Å². The molecule has 5 heteroatoms. The number of anilines is 1. The van der Waals surface area contributed by atoms with Gasteiger partial charge in [0, 0.05) is 15.6 Å². The highest BCUT2D eigenvalue weighted by atomic mass is 79.9. The molecule has 4 nitrogen and oxygen atoms in total. The maximum Gasteiger partial charge on any atom is 0.248 e. The maximum atomic E-state index is 11.0. The standard InChI is InChI=1S/C14H13BrN2O2/c15-11-4-2-1-3-10(11)8-19-13-6-5-9(14(17)18)7-12(13)16/h1-7H,8,16H2,(H2,17,18). The zero-order chi connectivity index (χ0) is 13.8. The molecule has 0 radical (unpaired) electrons. The summed E-state index contributed by atoms with van der Waals surface area (Å²) in [4.78, 5) is 11.0. The molecule has 2 aromatic rings. The minimum Gasteiger partial charge on any atom is -0.487 e. The van der Waals surface area contributed by atoms with E-state index in [1.165, 1.54) is 6.07 Å². The number of nitrogen functional groups attached to an aromatic ring is 1. The van der Waals surface area contributed by atoms with Crippen LogP contribution in [0.1, 0.15) is 15.9 Å². The fraction of sp³-hybridized carbons (Fsp3) is 0.0714. The number of halogens is 1. The van der Waals surface area contributed by atoms with Gasteiger partial charge in [0.2, 0.25) is 5.91 Å². The van der Waals surface area contributed by atoms with Crippen LogP contribution in [0.2, 0.25) is 0 Å². The Labute approximate surface area is 119 Å². The van der Waals surface area contributed by atoms with Crippen LogP contribution in [0.5, 0.6) is 5.75 Å². The van der Waals surface area contributed by atoms with Crippen molar-refractivity contribution in [2.24, 2.45) is 5.73 Å². The highest BCUT2D eigenvalue weighted by Crippen LogP contribution is 2.25. The third-order valence-corrected chi connectivity index (χ3v) is 3.41. The van der Waals surface area contributed by atoms with E-state index in [1.807, 2.05) is 24.3 Å². The number of nitrogens with two attached hydrogens (primary N) is 2. The highest BCUT2D eigenvalue weighted by Gasteiger charge is 2.06. The van der Waals surface area contributed by atoms with Crippen molar-refractivity contribution in [3.63, 3.8) is 0 Å². The summed E-state index contributed by atoms with van der Waals surface area (Å²) in [5, 5.41) is 0. The van der Waals surface area contributed by atoms with Crippen LogP contribution >= 0.6 is 15.9 Å². The molecule has 0 aliphatic rings. The predicted octanol–water partition coefficient (Wildman–Crippen LogP) is 2.71. The van der Waals surface area contributed by atoms with E-state index < -0.39 is 5.91 Å². The van der Waals surface area contributed by atoms with Crippen LogP contribution < -0.4 is 16.2 Å². The topological polar surface area (TPSA) is 78.3 Å². The van der Waals surface area contributed by atoms with Gasteiger partial charge in [0.05, 0.1) is 5.69 Å². The van der Waals surface area contributed by atoms with Gasteiger partial charge in [-0.25, -0.2) is 0 Å². The largest absolute Gasteiger partial charge is 0.487 e. The molecule has 0 saturated carbocycles. The second-order valence-corrected chi connectivity index (χ2v) is 4.85. The number of carbonyl (C=O) groups is 1. The minimum absolute atomic E-state index is 0.366. The Kier molecular flexibility index (Phi) is 4.06. The maximum absolute atomic E-state index is 11.0. The van der Waals surface area contributed by atoms with Crippen LogP contribution in [0.15, 0.2) is 46.9 Å². The van der Waals surface area contributed by atoms with Crippen LogP contribution in [0, 0.1) is 0 Å². The number of hydrogen-bond donors (Lipinski definition) is 2. The van der Waals surface area contributed by atoms with Gasteiger partial charge in [0.1, 0.15) is 12.4 Å². The van der Waals surface area contributed by atoms with Crippen LogP contribution in [0.25, 0.3) is 0 Å². The molecule has 0 fully saturated rings. The van der Waals surface area contributed by atoms with Crippen LogP contribution in [-0.2, 0) is 6.61 Å². The van der Waals surface area contributed by atoms with Crippen molar-refractivity contribution in [2.45, 2.75) is 6.61 Å². The van der Waals surface area contributed by atoms with E-state index in [4.69, 9.17) is 16.2 Å². The van der Waals surface area contributed by atoms with E-state index in [1.54, 1.807) is 12.1 Å². The SMILES string of the molecule is NC(=O)c1ccc(OCc2ccccc2Br)c(N)c1. The molecule has 2 aromatic carbocycles. The molecule has 2 rings (SSSR count). The molecule has 4 N–H and O–H groups in total. The predicted molar refractivity (Wildman–Crippen MR) is 77.8 cm³/mol. The quantitative estimate of drug-likeness (QED) is 0.850. The third-order valence-electron chi connectivity index (χ3n) is 2.64. The van der Waals surface area contributed by atoms with Gasteiger partial charge < -0.3 is 16.2 Å². The lowest BCUT2D eigenvalue weighted by atomic mass is 10.2. The Morgan fingerprint density at radius 1 is 1.21 bits per heavy atom. The lowest BCUT2D eigenvalue weighted by Crippen LogP contribution is -2.11.